The maximum atomic E-state index is 9.58. The number of hydrogen-bond acceptors (Lipinski definition) is 3. The second-order valence-corrected chi connectivity index (χ2v) is 3.15. The van der Waals surface area contributed by atoms with Gasteiger partial charge in [-0.1, -0.05) is 17.7 Å². The number of phenols is 1. The average Bonchev–Trinajstić information content (AvgIpc) is 2.04. The summed E-state index contributed by atoms with van der Waals surface area (Å²) in [5.74, 6) is 0.0234. The molecule has 1 atom stereocenters. The van der Waals surface area contributed by atoms with Crippen molar-refractivity contribution in [3.05, 3.63) is 28.8 Å². The molecule has 1 aromatic carbocycles. The molecule has 0 aliphatic heterocycles. The van der Waals surface area contributed by atoms with Crippen LogP contribution in [0.2, 0.25) is 5.02 Å². The van der Waals surface area contributed by atoms with E-state index in [1.165, 1.54) is 6.07 Å². The molecule has 4 heteroatoms. The Kier molecular flexibility index (Phi) is 3.54. The number of halogens is 1. The predicted molar refractivity (Wildman–Crippen MR) is 52.0 cm³/mol. The molecule has 0 spiro atoms. The maximum absolute atomic E-state index is 9.58. The van der Waals surface area contributed by atoms with Crippen molar-refractivity contribution in [3.8, 4) is 5.75 Å². The third-order valence-corrected chi connectivity index (χ3v) is 2.09. The largest absolute Gasteiger partial charge is 0.508 e. The van der Waals surface area contributed by atoms with E-state index in [9.17, 15) is 10.2 Å². The van der Waals surface area contributed by atoms with Gasteiger partial charge in [-0.3, -0.25) is 0 Å². The van der Waals surface area contributed by atoms with Gasteiger partial charge in [0.25, 0.3) is 0 Å². The van der Waals surface area contributed by atoms with Crippen molar-refractivity contribution < 1.29 is 10.2 Å². The molecule has 0 radical (unpaired) electrons. The molecule has 1 rings (SSSR count). The van der Waals surface area contributed by atoms with Crippen molar-refractivity contribution in [2.24, 2.45) is 0 Å². The highest BCUT2D eigenvalue weighted by atomic mass is 35.5. The molecule has 72 valence electrons. The van der Waals surface area contributed by atoms with E-state index in [2.05, 4.69) is 5.32 Å². The lowest BCUT2D eigenvalue weighted by atomic mass is 10.1. The van der Waals surface area contributed by atoms with Crippen molar-refractivity contribution in [3.63, 3.8) is 0 Å². The monoisotopic (exact) mass is 201 g/mol. The summed E-state index contributed by atoms with van der Waals surface area (Å²) in [7, 11) is 1.72. The highest BCUT2D eigenvalue weighted by Gasteiger charge is 2.14. The average molecular weight is 202 g/mol. The zero-order valence-electron chi connectivity index (χ0n) is 7.29. The van der Waals surface area contributed by atoms with Gasteiger partial charge >= 0.3 is 0 Å². The molecule has 0 aliphatic rings. The van der Waals surface area contributed by atoms with Crippen molar-refractivity contribution in [1.29, 1.82) is 0 Å². The Labute approximate surface area is 82.0 Å². The van der Waals surface area contributed by atoms with Crippen LogP contribution >= 0.6 is 11.6 Å². The summed E-state index contributed by atoms with van der Waals surface area (Å²) in [6, 6.07) is 4.77. The summed E-state index contributed by atoms with van der Waals surface area (Å²) >= 11 is 5.81. The van der Waals surface area contributed by atoms with Crippen LogP contribution in [0.1, 0.15) is 11.7 Å². The highest BCUT2D eigenvalue weighted by molar-refractivity contribution is 6.31. The molecule has 3 nitrogen and oxygen atoms in total. The second kappa shape index (κ2) is 4.46. The van der Waals surface area contributed by atoms with Gasteiger partial charge < -0.3 is 15.5 Å². The number of aromatic hydroxyl groups is 1. The standard InChI is InChI=1S/C9H12ClNO2/c1-11-5-8(13)9-6(10)3-2-4-7(9)12/h2-4,8,11-13H,5H2,1H3. The number of benzene rings is 1. The Balaban J connectivity index is 2.98. The first-order valence-corrected chi connectivity index (χ1v) is 4.34. The van der Waals surface area contributed by atoms with Crippen LogP contribution in [0.15, 0.2) is 18.2 Å². The molecule has 1 unspecified atom stereocenters. The van der Waals surface area contributed by atoms with Crippen LogP contribution in [0.25, 0.3) is 0 Å². The lowest BCUT2D eigenvalue weighted by Gasteiger charge is -2.13. The quantitative estimate of drug-likeness (QED) is 0.691. The van der Waals surface area contributed by atoms with Crippen LogP contribution in [0.3, 0.4) is 0 Å². The molecule has 0 saturated carbocycles. The SMILES string of the molecule is CNCC(O)c1c(O)cccc1Cl. The Morgan fingerprint density at radius 2 is 2.23 bits per heavy atom. The molecule has 0 aliphatic carbocycles. The number of aliphatic hydroxyl groups is 1. The first kappa shape index (κ1) is 10.3. The lowest BCUT2D eigenvalue weighted by Crippen LogP contribution is -2.17. The van der Waals surface area contributed by atoms with Gasteiger partial charge in [0, 0.05) is 12.1 Å². The van der Waals surface area contributed by atoms with E-state index in [-0.39, 0.29) is 5.75 Å². The Morgan fingerprint density at radius 1 is 1.54 bits per heavy atom. The van der Waals surface area contributed by atoms with Gasteiger partial charge in [0.15, 0.2) is 0 Å². The number of hydrogen-bond donors (Lipinski definition) is 3. The lowest BCUT2D eigenvalue weighted by molar-refractivity contribution is 0.174. The fourth-order valence-electron chi connectivity index (χ4n) is 1.15. The molecule has 0 fully saturated rings. The normalized spacial score (nSPS) is 12.8. The van der Waals surface area contributed by atoms with Crippen molar-refractivity contribution in [2.45, 2.75) is 6.10 Å². The molecule has 0 amide bonds. The van der Waals surface area contributed by atoms with Gasteiger partial charge in [-0.2, -0.15) is 0 Å². The minimum absolute atomic E-state index is 0.0234. The van der Waals surface area contributed by atoms with Gasteiger partial charge in [-0.05, 0) is 19.2 Å². The van der Waals surface area contributed by atoms with Gasteiger partial charge in [-0.15, -0.1) is 0 Å². The summed E-state index contributed by atoms with van der Waals surface area (Å²) in [6.07, 6.45) is -0.779. The van der Waals surface area contributed by atoms with Gasteiger partial charge in [0.1, 0.15) is 5.75 Å². The fourth-order valence-corrected chi connectivity index (χ4v) is 1.45. The zero-order chi connectivity index (χ0) is 9.84. The molecular formula is C9H12ClNO2. The summed E-state index contributed by atoms with van der Waals surface area (Å²) in [4.78, 5) is 0. The molecule has 0 saturated heterocycles. The van der Waals surface area contributed by atoms with Crippen LogP contribution in [0.4, 0.5) is 0 Å². The maximum Gasteiger partial charge on any atom is 0.122 e. The Morgan fingerprint density at radius 3 is 2.77 bits per heavy atom. The van der Waals surface area contributed by atoms with E-state index in [1.54, 1.807) is 19.2 Å². The van der Waals surface area contributed by atoms with Crippen molar-refractivity contribution in [1.82, 2.24) is 5.32 Å². The molecule has 0 aromatic heterocycles. The molecule has 1 aromatic rings. The third kappa shape index (κ3) is 2.34. The van der Waals surface area contributed by atoms with E-state index in [4.69, 9.17) is 11.6 Å². The predicted octanol–water partition coefficient (Wildman–Crippen LogP) is 1.30. The second-order valence-electron chi connectivity index (χ2n) is 2.75. The minimum atomic E-state index is -0.779. The topological polar surface area (TPSA) is 52.5 Å². The highest BCUT2D eigenvalue weighted by Crippen LogP contribution is 2.30. The molecule has 3 N–H and O–H groups in total. The van der Waals surface area contributed by atoms with Crippen LogP contribution in [0.5, 0.6) is 5.75 Å². The number of rotatable bonds is 3. The number of aliphatic hydroxyl groups excluding tert-OH is 1. The zero-order valence-corrected chi connectivity index (χ0v) is 8.04. The number of nitrogens with one attached hydrogen (secondary N) is 1. The van der Waals surface area contributed by atoms with E-state index in [1.807, 2.05) is 0 Å². The molecule has 0 heterocycles. The smallest absolute Gasteiger partial charge is 0.122 e. The summed E-state index contributed by atoms with van der Waals surface area (Å²) in [5, 5.41) is 22.2. The van der Waals surface area contributed by atoms with Crippen LogP contribution in [0, 0.1) is 0 Å². The van der Waals surface area contributed by atoms with Crippen molar-refractivity contribution in [2.75, 3.05) is 13.6 Å². The van der Waals surface area contributed by atoms with Crippen LogP contribution in [-0.2, 0) is 0 Å². The van der Waals surface area contributed by atoms with E-state index >= 15 is 0 Å². The minimum Gasteiger partial charge on any atom is -0.508 e. The Bertz CT molecular complexity index is 271. The van der Waals surface area contributed by atoms with Crippen LogP contribution < -0.4 is 5.32 Å². The first-order chi connectivity index (χ1) is 6.16. The third-order valence-electron chi connectivity index (χ3n) is 1.76. The van der Waals surface area contributed by atoms with Crippen LogP contribution in [-0.4, -0.2) is 23.8 Å². The number of likely N-dealkylation sites (N-methyl/N-ethyl adjacent to an activating group) is 1. The Hall–Kier alpha value is -0.770. The summed E-state index contributed by atoms with van der Waals surface area (Å²) in [6.45, 7) is 0.358. The van der Waals surface area contributed by atoms with E-state index < -0.39 is 6.10 Å². The summed E-state index contributed by atoms with van der Waals surface area (Å²) in [5.41, 5.74) is 0.374. The first-order valence-electron chi connectivity index (χ1n) is 3.97. The van der Waals surface area contributed by atoms with Gasteiger partial charge in [-0.25, -0.2) is 0 Å². The molecular weight excluding hydrogens is 190 g/mol. The fraction of sp³-hybridized carbons (Fsp3) is 0.333. The van der Waals surface area contributed by atoms with Gasteiger partial charge in [0.05, 0.1) is 11.1 Å². The summed E-state index contributed by atoms with van der Waals surface area (Å²) < 4.78 is 0. The molecule has 13 heavy (non-hydrogen) atoms. The van der Waals surface area contributed by atoms with Gasteiger partial charge in [0.2, 0.25) is 0 Å². The van der Waals surface area contributed by atoms with Crippen molar-refractivity contribution >= 4 is 11.6 Å². The van der Waals surface area contributed by atoms with E-state index in [0.717, 1.165) is 0 Å². The molecule has 0 bridgehead atoms. The van der Waals surface area contributed by atoms with E-state index in [0.29, 0.717) is 17.1 Å². The number of phenolic OH excluding ortho intramolecular Hbond substituents is 1.